The number of thioether (sulfide) groups is 1. The number of carbonyl (C=O) groups excluding carboxylic acids is 2. The number of nitrogens with one attached hydrogen (secondary N) is 2. The Morgan fingerprint density at radius 2 is 2.05 bits per heavy atom. The van der Waals surface area contributed by atoms with Gasteiger partial charge in [-0.15, -0.1) is 18.2 Å². The zero-order chi connectivity index (χ0) is 15.0. The van der Waals surface area contributed by atoms with Gasteiger partial charge in [0.05, 0.1) is 17.5 Å². The van der Waals surface area contributed by atoms with Gasteiger partial charge in [-0.25, -0.2) is 4.39 Å². The number of amides is 2. The highest BCUT2D eigenvalue weighted by molar-refractivity contribution is 8.01. The minimum absolute atomic E-state index is 0.127. The average Bonchev–Trinajstić information content (AvgIpc) is 2.44. The van der Waals surface area contributed by atoms with Gasteiger partial charge in [0.2, 0.25) is 11.8 Å². The first-order valence-corrected chi connectivity index (χ1v) is 6.96. The Hall–Kier alpha value is -2.00. The number of carbonyl (C=O) groups is 2. The van der Waals surface area contributed by atoms with Crippen LogP contribution in [0.2, 0.25) is 0 Å². The van der Waals surface area contributed by atoms with E-state index >= 15 is 0 Å². The molecule has 106 valence electrons. The predicted molar refractivity (Wildman–Crippen MR) is 78.8 cm³/mol. The number of hydrogen-bond acceptors (Lipinski definition) is 3. The Bertz CT molecular complexity index is 511. The lowest BCUT2D eigenvalue weighted by Crippen LogP contribution is -2.32. The summed E-state index contributed by atoms with van der Waals surface area (Å²) in [5, 5.41) is 4.79. The monoisotopic (exact) mass is 294 g/mol. The summed E-state index contributed by atoms with van der Waals surface area (Å²) in [4.78, 5) is 23.2. The van der Waals surface area contributed by atoms with Crippen molar-refractivity contribution >= 4 is 29.3 Å². The summed E-state index contributed by atoms with van der Waals surface area (Å²) in [7, 11) is 0. The molecule has 1 aromatic rings. The van der Waals surface area contributed by atoms with E-state index in [0.29, 0.717) is 5.69 Å². The normalized spacial score (nSPS) is 11.2. The molecule has 0 aliphatic carbocycles. The van der Waals surface area contributed by atoms with Crippen LogP contribution in [-0.4, -0.2) is 29.4 Å². The maximum absolute atomic E-state index is 12.7. The average molecular weight is 294 g/mol. The van der Waals surface area contributed by atoms with E-state index in [1.54, 1.807) is 6.92 Å². The highest BCUT2D eigenvalue weighted by atomic mass is 32.2. The summed E-state index contributed by atoms with van der Waals surface area (Å²) in [5.74, 6) is 1.61. The molecule has 1 aromatic carbocycles. The first-order valence-electron chi connectivity index (χ1n) is 5.91. The van der Waals surface area contributed by atoms with Crippen molar-refractivity contribution in [3.8, 4) is 12.3 Å². The van der Waals surface area contributed by atoms with Gasteiger partial charge in [-0.1, -0.05) is 5.92 Å². The quantitative estimate of drug-likeness (QED) is 0.784. The third-order valence-electron chi connectivity index (χ3n) is 2.33. The van der Waals surface area contributed by atoms with E-state index in [9.17, 15) is 14.0 Å². The lowest BCUT2D eigenvalue weighted by molar-refractivity contribution is -0.120. The molecule has 1 atom stereocenters. The summed E-state index contributed by atoms with van der Waals surface area (Å²) in [6.45, 7) is 1.87. The molecule has 2 N–H and O–H groups in total. The van der Waals surface area contributed by atoms with Gasteiger partial charge in [-0.05, 0) is 31.2 Å². The van der Waals surface area contributed by atoms with Crippen LogP contribution in [0.25, 0.3) is 0 Å². The molecule has 0 aliphatic rings. The van der Waals surface area contributed by atoms with E-state index in [2.05, 4.69) is 16.6 Å². The van der Waals surface area contributed by atoms with Crippen LogP contribution in [-0.2, 0) is 9.59 Å². The van der Waals surface area contributed by atoms with Crippen molar-refractivity contribution in [1.29, 1.82) is 0 Å². The smallest absolute Gasteiger partial charge is 0.234 e. The van der Waals surface area contributed by atoms with Gasteiger partial charge in [-0.2, -0.15) is 0 Å². The number of benzene rings is 1. The highest BCUT2D eigenvalue weighted by Crippen LogP contribution is 2.12. The molecular formula is C14H15FN2O2S. The molecule has 0 bridgehead atoms. The van der Waals surface area contributed by atoms with E-state index in [0.717, 1.165) is 0 Å². The molecule has 0 radical (unpaired) electrons. The van der Waals surface area contributed by atoms with Crippen molar-refractivity contribution in [2.45, 2.75) is 12.2 Å². The van der Waals surface area contributed by atoms with Gasteiger partial charge < -0.3 is 10.6 Å². The fourth-order valence-corrected chi connectivity index (χ4v) is 2.00. The van der Waals surface area contributed by atoms with E-state index in [1.807, 2.05) is 0 Å². The van der Waals surface area contributed by atoms with E-state index < -0.39 is 0 Å². The molecule has 0 saturated carbocycles. The van der Waals surface area contributed by atoms with Crippen molar-refractivity contribution in [3.05, 3.63) is 30.1 Å². The summed E-state index contributed by atoms with van der Waals surface area (Å²) < 4.78 is 12.7. The van der Waals surface area contributed by atoms with Gasteiger partial charge >= 0.3 is 0 Å². The standard InChI is InChI=1S/C14H15FN2O2S/c1-3-8-16-14(19)10(2)20-9-13(18)17-12-6-4-11(15)5-7-12/h1,4-7,10H,8-9H2,2H3,(H,16,19)(H,17,18). The van der Waals surface area contributed by atoms with Crippen LogP contribution >= 0.6 is 11.8 Å². The Morgan fingerprint density at radius 3 is 2.65 bits per heavy atom. The Kier molecular flexibility index (Phi) is 6.60. The van der Waals surface area contributed by atoms with Crippen molar-refractivity contribution in [1.82, 2.24) is 5.32 Å². The second kappa shape index (κ2) is 8.23. The molecule has 1 unspecified atom stereocenters. The zero-order valence-corrected chi connectivity index (χ0v) is 11.8. The van der Waals surface area contributed by atoms with Crippen LogP contribution in [0.4, 0.5) is 10.1 Å². The van der Waals surface area contributed by atoms with Gasteiger partial charge in [0.15, 0.2) is 0 Å². The molecule has 4 nitrogen and oxygen atoms in total. The molecule has 1 rings (SSSR count). The van der Waals surface area contributed by atoms with Crippen molar-refractivity contribution in [2.24, 2.45) is 0 Å². The van der Waals surface area contributed by atoms with Crippen molar-refractivity contribution in [2.75, 3.05) is 17.6 Å². The maximum atomic E-state index is 12.7. The Labute approximate surface area is 121 Å². The SMILES string of the molecule is C#CCNC(=O)C(C)SCC(=O)Nc1ccc(F)cc1. The van der Waals surface area contributed by atoms with Crippen LogP contribution < -0.4 is 10.6 Å². The van der Waals surface area contributed by atoms with Crippen molar-refractivity contribution in [3.63, 3.8) is 0 Å². The third-order valence-corrected chi connectivity index (χ3v) is 3.47. The zero-order valence-electron chi connectivity index (χ0n) is 11.0. The molecule has 20 heavy (non-hydrogen) atoms. The molecule has 0 saturated heterocycles. The van der Waals surface area contributed by atoms with Gasteiger partial charge in [-0.3, -0.25) is 9.59 Å². The first kappa shape index (κ1) is 16.1. The molecule has 2 amide bonds. The summed E-state index contributed by atoms with van der Waals surface area (Å²) in [6.07, 6.45) is 5.03. The fourth-order valence-electron chi connectivity index (χ4n) is 1.29. The van der Waals surface area contributed by atoms with Crippen LogP contribution in [0.5, 0.6) is 0 Å². The second-order valence-electron chi connectivity index (χ2n) is 3.93. The molecule has 0 fully saturated rings. The fraction of sp³-hybridized carbons (Fsp3) is 0.286. The highest BCUT2D eigenvalue weighted by Gasteiger charge is 2.14. The Balaban J connectivity index is 2.34. The van der Waals surface area contributed by atoms with E-state index in [4.69, 9.17) is 6.42 Å². The molecular weight excluding hydrogens is 279 g/mol. The summed E-state index contributed by atoms with van der Waals surface area (Å²) in [5.41, 5.74) is 0.515. The van der Waals surface area contributed by atoms with Gasteiger partial charge in [0.1, 0.15) is 5.82 Å². The maximum Gasteiger partial charge on any atom is 0.234 e. The topological polar surface area (TPSA) is 58.2 Å². The molecule has 6 heteroatoms. The lowest BCUT2D eigenvalue weighted by atomic mass is 10.3. The van der Waals surface area contributed by atoms with Crippen LogP contribution in [0.3, 0.4) is 0 Å². The largest absolute Gasteiger partial charge is 0.344 e. The second-order valence-corrected chi connectivity index (χ2v) is 5.26. The molecule has 0 heterocycles. The van der Waals surface area contributed by atoms with E-state index in [-0.39, 0.29) is 35.2 Å². The van der Waals surface area contributed by atoms with E-state index in [1.165, 1.54) is 36.0 Å². The third kappa shape index (κ3) is 5.76. The minimum Gasteiger partial charge on any atom is -0.344 e. The van der Waals surface area contributed by atoms with Gasteiger partial charge in [0.25, 0.3) is 0 Å². The number of halogens is 1. The van der Waals surface area contributed by atoms with Crippen LogP contribution in [0.15, 0.2) is 24.3 Å². The number of terminal acetylenes is 1. The first-order chi connectivity index (χ1) is 9.52. The lowest BCUT2D eigenvalue weighted by Gasteiger charge is -2.10. The van der Waals surface area contributed by atoms with Crippen molar-refractivity contribution < 1.29 is 14.0 Å². The number of anilines is 1. The molecule has 0 aliphatic heterocycles. The van der Waals surface area contributed by atoms with Crippen LogP contribution in [0.1, 0.15) is 6.92 Å². The molecule has 0 spiro atoms. The predicted octanol–water partition coefficient (Wildman–Crippen LogP) is 1.64. The van der Waals surface area contributed by atoms with Crippen LogP contribution in [0, 0.1) is 18.2 Å². The Morgan fingerprint density at radius 1 is 1.40 bits per heavy atom. The summed E-state index contributed by atoms with van der Waals surface area (Å²) >= 11 is 1.20. The molecule has 0 aromatic heterocycles. The van der Waals surface area contributed by atoms with Gasteiger partial charge in [0, 0.05) is 5.69 Å². The number of hydrogen-bond donors (Lipinski definition) is 2. The summed E-state index contributed by atoms with van der Waals surface area (Å²) in [6, 6.07) is 5.47. The minimum atomic E-state index is -0.373. The number of rotatable bonds is 6.